The van der Waals surface area contributed by atoms with Crippen LogP contribution < -0.4 is 0 Å². The van der Waals surface area contributed by atoms with Crippen LogP contribution in [0.3, 0.4) is 0 Å². The van der Waals surface area contributed by atoms with Crippen molar-refractivity contribution in [3.63, 3.8) is 0 Å². The van der Waals surface area contributed by atoms with Gasteiger partial charge < -0.3 is 9.30 Å². The second-order valence-electron chi connectivity index (χ2n) is 5.80. The number of fused-ring (bicyclic) bond motifs is 1. The maximum atomic E-state index is 6.29. The summed E-state index contributed by atoms with van der Waals surface area (Å²) in [5.41, 5.74) is 3.02. The number of aromatic nitrogens is 4. The summed E-state index contributed by atoms with van der Waals surface area (Å²) < 4.78 is 9.74. The highest BCUT2D eigenvalue weighted by Gasteiger charge is 2.20. The fraction of sp³-hybridized carbons (Fsp3) is 0.733. The van der Waals surface area contributed by atoms with Crippen molar-refractivity contribution in [1.82, 2.24) is 19.3 Å². The van der Waals surface area contributed by atoms with Crippen molar-refractivity contribution in [3.05, 3.63) is 11.5 Å². The van der Waals surface area contributed by atoms with Crippen LogP contribution in [0.1, 0.15) is 44.6 Å². The van der Waals surface area contributed by atoms with Crippen LogP contribution in [0.25, 0.3) is 11.2 Å². The number of alkyl halides is 1. The number of rotatable bonds is 7. The van der Waals surface area contributed by atoms with Gasteiger partial charge >= 0.3 is 0 Å². The molecule has 21 heavy (non-hydrogen) atoms. The van der Waals surface area contributed by atoms with E-state index in [2.05, 4.69) is 30.4 Å². The second kappa shape index (κ2) is 6.79. The number of imidazole rings is 1. The molecule has 0 fully saturated rings. The zero-order chi connectivity index (χ0) is 15.6. The van der Waals surface area contributed by atoms with Crippen LogP contribution in [0.15, 0.2) is 0 Å². The Morgan fingerprint density at radius 1 is 1.29 bits per heavy atom. The van der Waals surface area contributed by atoms with Crippen LogP contribution in [0.2, 0.25) is 0 Å². The maximum absolute atomic E-state index is 6.29. The number of hydrogen-bond acceptors (Lipinski definition) is 3. The van der Waals surface area contributed by atoms with E-state index in [4.69, 9.17) is 21.3 Å². The van der Waals surface area contributed by atoms with Gasteiger partial charge in [0.25, 0.3) is 0 Å². The average molecular weight is 313 g/mol. The molecular weight excluding hydrogens is 288 g/mol. The van der Waals surface area contributed by atoms with E-state index in [1.807, 2.05) is 18.7 Å². The van der Waals surface area contributed by atoms with E-state index in [0.29, 0.717) is 12.5 Å². The van der Waals surface area contributed by atoms with Crippen molar-refractivity contribution in [2.24, 2.45) is 13.0 Å². The Hall–Kier alpha value is -1.07. The van der Waals surface area contributed by atoms with Gasteiger partial charge in [-0.15, -0.1) is 11.6 Å². The molecular formula is C15H25ClN4O. The van der Waals surface area contributed by atoms with Gasteiger partial charge in [-0.1, -0.05) is 20.8 Å². The van der Waals surface area contributed by atoms with E-state index >= 15 is 0 Å². The van der Waals surface area contributed by atoms with Crippen LogP contribution in [-0.4, -0.2) is 32.5 Å². The quantitative estimate of drug-likeness (QED) is 0.582. The molecule has 0 spiro atoms. The number of hydrogen-bond donors (Lipinski definition) is 0. The fourth-order valence-corrected chi connectivity index (χ4v) is 2.66. The molecule has 2 rings (SSSR count). The molecule has 0 bridgehead atoms. The van der Waals surface area contributed by atoms with Crippen molar-refractivity contribution in [2.75, 3.05) is 13.2 Å². The van der Waals surface area contributed by atoms with Gasteiger partial charge in [0.05, 0.1) is 17.7 Å². The Morgan fingerprint density at radius 2 is 2.00 bits per heavy atom. The summed E-state index contributed by atoms with van der Waals surface area (Å²) in [5, 5.41) is 4.40. The highest BCUT2D eigenvalue weighted by Crippen LogP contribution is 2.26. The predicted octanol–water partition coefficient (Wildman–Crippen LogP) is 3.30. The molecule has 1 atom stereocenters. The summed E-state index contributed by atoms with van der Waals surface area (Å²) in [7, 11) is 1.96. The molecule has 0 saturated carbocycles. The molecule has 0 radical (unpaired) electrons. The van der Waals surface area contributed by atoms with E-state index in [9.17, 15) is 0 Å². The Balaban J connectivity index is 2.30. The molecule has 0 saturated heterocycles. The highest BCUT2D eigenvalue weighted by atomic mass is 35.5. The van der Waals surface area contributed by atoms with Gasteiger partial charge in [0.1, 0.15) is 11.3 Å². The monoisotopic (exact) mass is 312 g/mol. The second-order valence-corrected chi connectivity index (χ2v) is 6.46. The van der Waals surface area contributed by atoms with Crippen molar-refractivity contribution in [1.29, 1.82) is 0 Å². The maximum Gasteiger partial charge on any atom is 0.158 e. The van der Waals surface area contributed by atoms with E-state index in [0.717, 1.165) is 42.3 Å². The van der Waals surface area contributed by atoms with Crippen LogP contribution in [0.5, 0.6) is 0 Å². The number of halogens is 1. The summed E-state index contributed by atoms with van der Waals surface area (Å²) >= 11 is 6.29. The molecule has 2 heterocycles. The van der Waals surface area contributed by atoms with Gasteiger partial charge in [-0.25, -0.2) is 4.98 Å². The first-order valence-corrected chi connectivity index (χ1v) is 8.03. The third kappa shape index (κ3) is 3.40. The summed E-state index contributed by atoms with van der Waals surface area (Å²) in [6.07, 6.45) is 0.869. The lowest BCUT2D eigenvalue weighted by atomic mass is 10.2. The van der Waals surface area contributed by atoms with E-state index < -0.39 is 0 Å². The first-order chi connectivity index (χ1) is 9.95. The lowest BCUT2D eigenvalue weighted by molar-refractivity contribution is 0.103. The fourth-order valence-electron chi connectivity index (χ4n) is 2.50. The number of aryl methyl sites for hydroxylation is 2. The smallest absolute Gasteiger partial charge is 0.158 e. The normalized spacial score (nSPS) is 13.5. The topological polar surface area (TPSA) is 44.9 Å². The lowest BCUT2D eigenvalue weighted by Crippen LogP contribution is -2.13. The third-order valence-corrected chi connectivity index (χ3v) is 3.62. The Labute approximate surface area is 131 Å². The van der Waals surface area contributed by atoms with Crippen molar-refractivity contribution >= 4 is 22.8 Å². The lowest BCUT2D eigenvalue weighted by Gasteiger charge is -2.12. The minimum Gasteiger partial charge on any atom is -0.379 e. The molecule has 0 amide bonds. The first-order valence-electron chi connectivity index (χ1n) is 7.59. The van der Waals surface area contributed by atoms with Crippen molar-refractivity contribution in [2.45, 2.75) is 46.0 Å². The van der Waals surface area contributed by atoms with Gasteiger partial charge in [-0.3, -0.25) is 4.68 Å². The summed E-state index contributed by atoms with van der Waals surface area (Å²) in [6, 6.07) is 0. The minimum atomic E-state index is -0.132. The molecule has 0 aliphatic heterocycles. The molecule has 2 aromatic rings. The molecule has 0 aliphatic rings. The Bertz CT molecular complexity index is 600. The van der Waals surface area contributed by atoms with Gasteiger partial charge in [-0.05, 0) is 19.3 Å². The van der Waals surface area contributed by atoms with Gasteiger partial charge in [0.2, 0.25) is 0 Å². The van der Waals surface area contributed by atoms with Crippen LogP contribution >= 0.6 is 11.6 Å². The SMILES string of the molecule is CCc1nn(C)c2c1nc(C(C)Cl)n2CCOCC(C)C. The first kappa shape index (κ1) is 16.3. The zero-order valence-corrected chi connectivity index (χ0v) is 14.3. The molecule has 1 unspecified atom stereocenters. The van der Waals surface area contributed by atoms with Crippen LogP contribution in [-0.2, 0) is 24.8 Å². The van der Waals surface area contributed by atoms with Crippen LogP contribution in [0.4, 0.5) is 0 Å². The van der Waals surface area contributed by atoms with Crippen LogP contribution in [0, 0.1) is 5.92 Å². The van der Waals surface area contributed by atoms with Gasteiger partial charge in [0, 0.05) is 20.2 Å². The zero-order valence-electron chi connectivity index (χ0n) is 13.6. The Morgan fingerprint density at radius 3 is 2.57 bits per heavy atom. The molecule has 118 valence electrons. The molecule has 5 nitrogen and oxygen atoms in total. The standard InChI is InChI=1S/C15H25ClN4O/c1-6-12-13-15(19(5)18-12)20(14(17-13)11(4)16)7-8-21-9-10(2)3/h10-11H,6-9H2,1-5H3. The third-order valence-electron chi connectivity index (χ3n) is 3.42. The van der Waals surface area contributed by atoms with Crippen molar-refractivity contribution < 1.29 is 4.74 Å². The van der Waals surface area contributed by atoms with Crippen molar-refractivity contribution in [3.8, 4) is 0 Å². The predicted molar refractivity (Wildman–Crippen MR) is 85.8 cm³/mol. The molecule has 0 aliphatic carbocycles. The van der Waals surface area contributed by atoms with E-state index in [1.165, 1.54) is 0 Å². The number of ether oxygens (including phenoxy) is 1. The van der Waals surface area contributed by atoms with E-state index in [1.54, 1.807) is 0 Å². The Kier molecular flexibility index (Phi) is 5.27. The molecule has 2 aromatic heterocycles. The van der Waals surface area contributed by atoms with Gasteiger partial charge in [0.15, 0.2) is 5.65 Å². The van der Waals surface area contributed by atoms with Gasteiger partial charge in [-0.2, -0.15) is 5.10 Å². The molecule has 0 aromatic carbocycles. The molecule has 6 heteroatoms. The molecule has 0 N–H and O–H groups in total. The number of nitrogens with zero attached hydrogens (tertiary/aromatic N) is 4. The summed E-state index contributed by atoms with van der Waals surface area (Å²) in [5.74, 6) is 1.44. The highest BCUT2D eigenvalue weighted by molar-refractivity contribution is 6.20. The largest absolute Gasteiger partial charge is 0.379 e. The van der Waals surface area contributed by atoms with E-state index in [-0.39, 0.29) is 5.38 Å². The summed E-state index contributed by atoms with van der Waals surface area (Å²) in [4.78, 5) is 4.71. The minimum absolute atomic E-state index is 0.132. The average Bonchev–Trinajstić information content (AvgIpc) is 2.93. The summed E-state index contributed by atoms with van der Waals surface area (Å²) in [6.45, 7) is 10.5.